The van der Waals surface area contributed by atoms with Gasteiger partial charge < -0.3 is 0 Å². The van der Waals surface area contributed by atoms with E-state index in [0.29, 0.717) is 5.56 Å². The molecule has 0 aliphatic carbocycles. The van der Waals surface area contributed by atoms with Gasteiger partial charge in [-0.3, -0.25) is 9.00 Å². The van der Waals surface area contributed by atoms with Crippen LogP contribution in [0.15, 0.2) is 24.3 Å². The zero-order chi connectivity index (χ0) is 13.7. The Bertz CT molecular complexity index is 443. The maximum atomic E-state index is 13.3. The molecule has 0 bridgehead atoms. The molecule has 0 N–H and O–H groups in total. The minimum Gasteiger partial charge on any atom is -0.298 e. The van der Waals surface area contributed by atoms with Crippen molar-refractivity contribution in [3.05, 3.63) is 35.6 Å². The van der Waals surface area contributed by atoms with Crippen molar-refractivity contribution in [2.24, 2.45) is 5.92 Å². The van der Waals surface area contributed by atoms with E-state index in [1.807, 2.05) is 20.8 Å². The lowest BCUT2D eigenvalue weighted by atomic mass is 10.1. The number of hydrogen-bond donors (Lipinski definition) is 0. The van der Waals surface area contributed by atoms with Gasteiger partial charge >= 0.3 is 0 Å². The van der Waals surface area contributed by atoms with Crippen LogP contribution in [-0.4, -0.2) is 21.0 Å². The first kappa shape index (κ1) is 15.0. The highest BCUT2D eigenvalue weighted by atomic mass is 32.2. The number of hydrogen-bond acceptors (Lipinski definition) is 2. The first-order valence-corrected chi connectivity index (χ1v) is 7.42. The third kappa shape index (κ3) is 4.33. The van der Waals surface area contributed by atoms with Gasteiger partial charge in [-0.15, -0.1) is 0 Å². The van der Waals surface area contributed by atoms with Gasteiger partial charge in [-0.1, -0.05) is 39.0 Å². The van der Waals surface area contributed by atoms with Crippen molar-refractivity contribution in [3.63, 3.8) is 0 Å². The van der Waals surface area contributed by atoms with Crippen LogP contribution in [0.1, 0.15) is 26.3 Å². The highest BCUT2D eigenvalue weighted by Gasteiger charge is 2.18. The van der Waals surface area contributed by atoms with Gasteiger partial charge in [0, 0.05) is 22.5 Å². The van der Waals surface area contributed by atoms with Crippen LogP contribution in [0.4, 0.5) is 4.39 Å². The summed E-state index contributed by atoms with van der Waals surface area (Å²) < 4.78 is 25.2. The number of carbonyl (C=O) groups is 1. The molecule has 0 amide bonds. The van der Waals surface area contributed by atoms with Crippen LogP contribution >= 0.6 is 0 Å². The first-order valence-electron chi connectivity index (χ1n) is 6.04. The summed E-state index contributed by atoms with van der Waals surface area (Å²) in [5.41, 5.74) is 0.372. The summed E-state index contributed by atoms with van der Waals surface area (Å²) in [4.78, 5) is 11.7. The van der Waals surface area contributed by atoms with E-state index in [1.54, 1.807) is 18.2 Å². The Morgan fingerprint density at radius 1 is 1.28 bits per heavy atom. The third-order valence-corrected chi connectivity index (χ3v) is 4.98. The quantitative estimate of drug-likeness (QED) is 0.796. The molecule has 0 spiro atoms. The SMILES string of the molecule is CC(C)C(C)S(=O)CC(=O)Cc1ccccc1F. The van der Waals surface area contributed by atoms with E-state index < -0.39 is 10.8 Å². The number of Topliss-reactive ketones (excluding diaryl/α,β-unsaturated/α-hetero) is 1. The van der Waals surface area contributed by atoms with Crippen molar-refractivity contribution in [2.75, 3.05) is 5.75 Å². The van der Waals surface area contributed by atoms with Gasteiger partial charge in [0.25, 0.3) is 0 Å². The summed E-state index contributed by atoms with van der Waals surface area (Å²) in [5, 5.41) is -0.0189. The fraction of sp³-hybridized carbons (Fsp3) is 0.500. The van der Waals surface area contributed by atoms with Crippen molar-refractivity contribution in [2.45, 2.75) is 32.4 Å². The Kier molecular flexibility index (Phi) is 5.66. The van der Waals surface area contributed by atoms with Crippen molar-refractivity contribution >= 4 is 16.6 Å². The molecule has 0 saturated heterocycles. The zero-order valence-corrected chi connectivity index (χ0v) is 11.8. The van der Waals surface area contributed by atoms with Gasteiger partial charge in [0.1, 0.15) is 11.6 Å². The lowest BCUT2D eigenvalue weighted by molar-refractivity contribution is -0.116. The van der Waals surface area contributed by atoms with Gasteiger partial charge in [-0.05, 0) is 17.5 Å². The molecule has 1 aromatic carbocycles. The Balaban J connectivity index is 2.58. The van der Waals surface area contributed by atoms with E-state index in [-0.39, 0.29) is 34.9 Å². The summed E-state index contributed by atoms with van der Waals surface area (Å²) in [7, 11) is -1.18. The topological polar surface area (TPSA) is 34.1 Å². The van der Waals surface area contributed by atoms with Crippen molar-refractivity contribution in [3.8, 4) is 0 Å². The van der Waals surface area contributed by atoms with E-state index in [2.05, 4.69) is 0 Å². The monoisotopic (exact) mass is 270 g/mol. The van der Waals surface area contributed by atoms with Gasteiger partial charge in [0.2, 0.25) is 0 Å². The van der Waals surface area contributed by atoms with Crippen LogP contribution in [0.3, 0.4) is 0 Å². The average molecular weight is 270 g/mol. The molecule has 2 atom stereocenters. The van der Waals surface area contributed by atoms with Gasteiger partial charge in [-0.2, -0.15) is 0 Å². The van der Waals surface area contributed by atoms with Crippen LogP contribution in [0, 0.1) is 11.7 Å². The molecule has 1 aromatic rings. The number of halogens is 1. The van der Waals surface area contributed by atoms with E-state index in [0.717, 1.165) is 0 Å². The highest BCUT2D eigenvalue weighted by Crippen LogP contribution is 2.11. The van der Waals surface area contributed by atoms with Crippen LogP contribution in [-0.2, 0) is 22.0 Å². The number of rotatable bonds is 6. The lowest BCUT2D eigenvalue weighted by Crippen LogP contribution is -2.24. The molecule has 2 unspecified atom stereocenters. The molecule has 0 fully saturated rings. The van der Waals surface area contributed by atoms with Crippen LogP contribution in [0.25, 0.3) is 0 Å². The van der Waals surface area contributed by atoms with E-state index in [9.17, 15) is 13.4 Å². The Hall–Kier alpha value is -1.03. The Labute approximate surface area is 110 Å². The number of benzene rings is 1. The standard InChI is InChI=1S/C14H19FO2S/c1-10(2)11(3)18(17)9-13(16)8-12-6-4-5-7-14(12)15/h4-7,10-11H,8-9H2,1-3H3. The Morgan fingerprint density at radius 3 is 2.44 bits per heavy atom. The van der Waals surface area contributed by atoms with E-state index in [1.165, 1.54) is 6.07 Å². The second kappa shape index (κ2) is 6.78. The molecule has 1 rings (SSSR count). The maximum absolute atomic E-state index is 13.3. The molecule has 0 aromatic heterocycles. The molecule has 100 valence electrons. The predicted molar refractivity (Wildman–Crippen MR) is 72.4 cm³/mol. The molecule has 0 heterocycles. The van der Waals surface area contributed by atoms with Crippen LogP contribution in [0.5, 0.6) is 0 Å². The minimum absolute atomic E-state index is 0.00762. The molecule has 18 heavy (non-hydrogen) atoms. The second-order valence-electron chi connectivity index (χ2n) is 4.78. The maximum Gasteiger partial charge on any atom is 0.149 e. The molecular formula is C14H19FO2S. The summed E-state index contributed by atoms with van der Waals surface area (Å²) in [6, 6.07) is 6.19. The Morgan fingerprint density at radius 2 is 1.89 bits per heavy atom. The summed E-state index contributed by atoms with van der Waals surface area (Å²) in [6.45, 7) is 5.82. The fourth-order valence-electron chi connectivity index (χ4n) is 1.50. The highest BCUT2D eigenvalue weighted by molar-refractivity contribution is 7.86. The van der Waals surface area contributed by atoms with Crippen molar-refractivity contribution < 1.29 is 13.4 Å². The minimum atomic E-state index is -1.18. The molecular weight excluding hydrogens is 251 g/mol. The number of ketones is 1. The number of carbonyl (C=O) groups excluding carboxylic acids is 1. The van der Waals surface area contributed by atoms with Crippen molar-refractivity contribution in [1.82, 2.24) is 0 Å². The molecule has 0 aliphatic rings. The van der Waals surface area contributed by atoms with E-state index >= 15 is 0 Å². The normalized spacial score (nSPS) is 14.5. The summed E-state index contributed by atoms with van der Waals surface area (Å²) in [6.07, 6.45) is 0.0171. The second-order valence-corrected chi connectivity index (χ2v) is 6.57. The summed E-state index contributed by atoms with van der Waals surface area (Å²) in [5.74, 6) is -0.278. The zero-order valence-electron chi connectivity index (χ0n) is 11.0. The van der Waals surface area contributed by atoms with Crippen LogP contribution < -0.4 is 0 Å². The molecule has 4 heteroatoms. The van der Waals surface area contributed by atoms with Crippen molar-refractivity contribution in [1.29, 1.82) is 0 Å². The summed E-state index contributed by atoms with van der Waals surface area (Å²) >= 11 is 0. The van der Waals surface area contributed by atoms with Gasteiger partial charge in [0.05, 0.1) is 5.75 Å². The average Bonchev–Trinajstić information content (AvgIpc) is 2.30. The van der Waals surface area contributed by atoms with Gasteiger partial charge in [0.15, 0.2) is 0 Å². The smallest absolute Gasteiger partial charge is 0.149 e. The predicted octanol–water partition coefficient (Wildman–Crippen LogP) is 2.73. The van der Waals surface area contributed by atoms with Crippen LogP contribution in [0.2, 0.25) is 0 Å². The molecule has 0 radical (unpaired) electrons. The van der Waals surface area contributed by atoms with E-state index in [4.69, 9.17) is 0 Å². The largest absolute Gasteiger partial charge is 0.298 e. The lowest BCUT2D eigenvalue weighted by Gasteiger charge is -2.14. The molecule has 2 nitrogen and oxygen atoms in total. The molecule has 0 aliphatic heterocycles. The third-order valence-electron chi connectivity index (χ3n) is 3.00. The van der Waals surface area contributed by atoms with Gasteiger partial charge in [-0.25, -0.2) is 4.39 Å². The fourth-order valence-corrected chi connectivity index (χ4v) is 2.79. The molecule has 0 saturated carbocycles. The first-order chi connectivity index (χ1) is 8.41.